The first-order valence-electron chi connectivity index (χ1n) is 10.6. The van der Waals surface area contributed by atoms with E-state index in [-0.39, 0.29) is 0 Å². The van der Waals surface area contributed by atoms with Gasteiger partial charge in [0.25, 0.3) is 0 Å². The molecular formula is C20H42NO8+. The number of rotatable bonds is 22. The molecule has 0 radical (unpaired) electrons. The number of nitrogens with zero attached hydrogens (tertiary/aromatic N) is 1. The van der Waals surface area contributed by atoms with E-state index in [0.717, 1.165) is 17.6 Å². The smallest absolute Gasteiger partial charge is 0.185 e. The van der Waals surface area contributed by atoms with Crippen molar-refractivity contribution in [2.45, 2.75) is 12.8 Å². The quantitative estimate of drug-likeness (QED) is 0.188. The summed E-state index contributed by atoms with van der Waals surface area (Å²) < 4.78 is 44.1. The number of quaternary nitrogens is 1. The van der Waals surface area contributed by atoms with Crippen LogP contribution >= 0.6 is 0 Å². The molecule has 9 nitrogen and oxygen atoms in total. The minimum absolute atomic E-state index is 0.577. The summed E-state index contributed by atoms with van der Waals surface area (Å²) in [5.41, 5.74) is 0. The van der Waals surface area contributed by atoms with Crippen LogP contribution in [0.2, 0.25) is 0 Å². The highest BCUT2D eigenvalue weighted by molar-refractivity contribution is 4.50. The maximum Gasteiger partial charge on any atom is 0.185 e. The predicted molar refractivity (Wildman–Crippen MR) is 108 cm³/mol. The highest BCUT2D eigenvalue weighted by Crippen LogP contribution is 2.19. The Labute approximate surface area is 176 Å². The van der Waals surface area contributed by atoms with Crippen LogP contribution in [0, 0.1) is 0 Å². The fraction of sp³-hybridized carbons (Fsp3) is 1.00. The predicted octanol–water partition coefficient (Wildman–Crippen LogP) is 0.904. The van der Waals surface area contributed by atoms with Crippen LogP contribution in [0.3, 0.4) is 0 Å². The molecule has 1 saturated heterocycles. The van der Waals surface area contributed by atoms with Crippen molar-refractivity contribution in [3.63, 3.8) is 0 Å². The van der Waals surface area contributed by atoms with Crippen molar-refractivity contribution >= 4 is 0 Å². The molecule has 1 heterocycles. The van der Waals surface area contributed by atoms with Gasteiger partial charge in [0, 0.05) is 27.1 Å². The maximum atomic E-state index is 5.86. The van der Waals surface area contributed by atoms with Gasteiger partial charge in [-0.3, -0.25) is 4.48 Å². The Morgan fingerprint density at radius 1 is 0.448 bits per heavy atom. The summed E-state index contributed by atoms with van der Waals surface area (Å²) >= 11 is 0. The Morgan fingerprint density at radius 3 is 1.10 bits per heavy atom. The van der Waals surface area contributed by atoms with Crippen molar-refractivity contribution in [1.82, 2.24) is 0 Å². The highest BCUT2D eigenvalue weighted by atomic mass is 16.6. The number of hydrogen-bond acceptors (Lipinski definition) is 8. The third kappa shape index (κ3) is 15.1. The second-order valence-corrected chi connectivity index (χ2v) is 7.01. The van der Waals surface area contributed by atoms with Gasteiger partial charge >= 0.3 is 0 Å². The van der Waals surface area contributed by atoms with Crippen LogP contribution in [0.4, 0.5) is 0 Å². The topological polar surface area (TPSA) is 73.8 Å². The van der Waals surface area contributed by atoms with E-state index in [1.54, 1.807) is 14.2 Å². The van der Waals surface area contributed by atoms with E-state index in [1.165, 1.54) is 12.8 Å². The Bertz CT molecular complexity index is 316. The zero-order chi connectivity index (χ0) is 20.9. The van der Waals surface area contributed by atoms with E-state index in [2.05, 4.69) is 0 Å². The van der Waals surface area contributed by atoms with Crippen LogP contribution in [0.1, 0.15) is 12.8 Å². The van der Waals surface area contributed by atoms with Crippen molar-refractivity contribution in [1.29, 1.82) is 0 Å². The fourth-order valence-corrected chi connectivity index (χ4v) is 2.98. The fourth-order valence-electron chi connectivity index (χ4n) is 2.98. The first-order valence-corrected chi connectivity index (χ1v) is 10.6. The van der Waals surface area contributed by atoms with Gasteiger partial charge in [-0.2, -0.15) is 0 Å². The van der Waals surface area contributed by atoms with Crippen molar-refractivity contribution in [2.24, 2.45) is 0 Å². The summed E-state index contributed by atoms with van der Waals surface area (Å²) in [7, 11) is 3.32. The van der Waals surface area contributed by atoms with E-state index in [9.17, 15) is 0 Å². The minimum Gasteiger partial charge on any atom is -0.382 e. The Balaban J connectivity index is 1.95. The van der Waals surface area contributed by atoms with Crippen LogP contribution in [-0.4, -0.2) is 125 Å². The van der Waals surface area contributed by atoms with Gasteiger partial charge in [0.1, 0.15) is 0 Å². The Hall–Kier alpha value is -0.360. The van der Waals surface area contributed by atoms with Crippen molar-refractivity contribution in [3.8, 4) is 0 Å². The van der Waals surface area contributed by atoms with Crippen LogP contribution in [0.5, 0.6) is 0 Å². The first-order chi connectivity index (χ1) is 14.3. The van der Waals surface area contributed by atoms with E-state index < -0.39 is 0 Å². The molecule has 0 aromatic rings. The Morgan fingerprint density at radius 2 is 0.759 bits per heavy atom. The third-order valence-corrected chi connectivity index (χ3v) is 4.60. The summed E-state index contributed by atoms with van der Waals surface area (Å²) in [6, 6.07) is 0. The van der Waals surface area contributed by atoms with Crippen LogP contribution < -0.4 is 0 Å². The normalized spacial score (nSPS) is 15.9. The lowest BCUT2D eigenvalue weighted by atomic mass is 10.4. The molecule has 0 saturated carbocycles. The van der Waals surface area contributed by atoms with Crippen LogP contribution in [-0.2, 0) is 37.9 Å². The minimum atomic E-state index is 0.577. The summed E-state index contributed by atoms with van der Waals surface area (Å²) in [4.78, 5) is 0. The monoisotopic (exact) mass is 424 g/mol. The summed E-state index contributed by atoms with van der Waals surface area (Å²) in [6.07, 6.45) is 2.44. The molecule has 0 aromatic heterocycles. The lowest BCUT2D eigenvalue weighted by molar-refractivity contribution is -0.952. The maximum absolute atomic E-state index is 5.86. The lowest BCUT2D eigenvalue weighted by Crippen LogP contribution is -2.49. The molecule has 0 aromatic carbocycles. The molecule has 0 unspecified atom stereocenters. The molecule has 0 amide bonds. The molecule has 174 valence electrons. The summed E-state index contributed by atoms with van der Waals surface area (Å²) in [6.45, 7) is 10.6. The average Bonchev–Trinajstić information content (AvgIpc) is 3.20. The summed E-state index contributed by atoms with van der Waals surface area (Å²) in [5, 5.41) is 0. The zero-order valence-corrected chi connectivity index (χ0v) is 18.4. The SMILES string of the molecule is COCCOCCOCCOC[N+]1(COCCOCCOCCOC)CCCC1. The largest absolute Gasteiger partial charge is 0.382 e. The molecule has 0 aliphatic carbocycles. The van der Waals surface area contributed by atoms with E-state index in [4.69, 9.17) is 37.9 Å². The number of hydrogen-bond donors (Lipinski definition) is 0. The molecule has 1 fully saturated rings. The standard InChI is InChI=1S/C20H42NO8/c1-22-7-9-24-11-13-26-15-17-28-19-21(5-3-4-6-21)20-29-18-16-27-14-12-25-10-8-23-2/h3-20H2,1-2H3/q+1. The molecule has 1 aliphatic heterocycles. The average molecular weight is 425 g/mol. The van der Waals surface area contributed by atoms with Gasteiger partial charge in [-0.25, -0.2) is 0 Å². The van der Waals surface area contributed by atoms with Crippen molar-refractivity contribution < 1.29 is 42.4 Å². The molecule has 1 aliphatic rings. The molecule has 0 bridgehead atoms. The van der Waals surface area contributed by atoms with Gasteiger partial charge in [-0.1, -0.05) is 0 Å². The Kier molecular flexibility index (Phi) is 18.0. The first kappa shape index (κ1) is 26.7. The van der Waals surface area contributed by atoms with Gasteiger partial charge < -0.3 is 37.9 Å². The van der Waals surface area contributed by atoms with Gasteiger partial charge in [0.2, 0.25) is 0 Å². The molecule has 0 atom stereocenters. The molecule has 1 rings (SSSR count). The zero-order valence-electron chi connectivity index (χ0n) is 18.4. The van der Waals surface area contributed by atoms with Crippen LogP contribution in [0.15, 0.2) is 0 Å². The van der Waals surface area contributed by atoms with Gasteiger partial charge in [0.15, 0.2) is 13.5 Å². The van der Waals surface area contributed by atoms with Gasteiger partial charge in [-0.15, -0.1) is 0 Å². The van der Waals surface area contributed by atoms with E-state index in [0.29, 0.717) is 92.7 Å². The molecule has 9 heteroatoms. The second-order valence-electron chi connectivity index (χ2n) is 7.01. The molecule has 0 N–H and O–H groups in total. The third-order valence-electron chi connectivity index (χ3n) is 4.60. The molecule has 29 heavy (non-hydrogen) atoms. The molecule has 0 spiro atoms. The molecular weight excluding hydrogens is 382 g/mol. The van der Waals surface area contributed by atoms with E-state index in [1.807, 2.05) is 0 Å². The van der Waals surface area contributed by atoms with Crippen LogP contribution in [0.25, 0.3) is 0 Å². The summed E-state index contributed by atoms with van der Waals surface area (Å²) in [5.74, 6) is 0. The second kappa shape index (κ2) is 19.6. The highest BCUT2D eigenvalue weighted by Gasteiger charge is 2.32. The van der Waals surface area contributed by atoms with Gasteiger partial charge in [0.05, 0.1) is 92.4 Å². The lowest BCUT2D eigenvalue weighted by Gasteiger charge is -2.33. The number of ether oxygens (including phenoxy) is 8. The van der Waals surface area contributed by atoms with Gasteiger partial charge in [-0.05, 0) is 0 Å². The number of likely N-dealkylation sites (tertiary alicyclic amines) is 1. The van der Waals surface area contributed by atoms with E-state index >= 15 is 0 Å². The van der Waals surface area contributed by atoms with Crippen molar-refractivity contribution in [3.05, 3.63) is 0 Å². The van der Waals surface area contributed by atoms with Crippen molar-refractivity contribution in [2.75, 3.05) is 120 Å². The number of methoxy groups -OCH3 is 2.